The molecule has 0 bridgehead atoms. The Kier molecular flexibility index (Phi) is 8.41. The van der Waals surface area contributed by atoms with E-state index in [9.17, 15) is 0 Å². The molecular formula is C12H22Br6Si3. The lowest BCUT2D eigenvalue weighted by Gasteiger charge is -2.51. The smallest absolute Gasteiger partial charge is 0.127 e. The molecule has 2 aliphatic carbocycles. The van der Waals surface area contributed by atoms with E-state index in [4.69, 9.17) is 0 Å². The van der Waals surface area contributed by atoms with Crippen LogP contribution in [-0.2, 0) is 0 Å². The van der Waals surface area contributed by atoms with Gasteiger partial charge in [-0.25, -0.2) is 0 Å². The van der Waals surface area contributed by atoms with Gasteiger partial charge in [-0.3, -0.25) is 0 Å². The molecule has 2 rings (SSSR count). The van der Waals surface area contributed by atoms with Crippen LogP contribution < -0.4 is 0 Å². The van der Waals surface area contributed by atoms with Gasteiger partial charge in [0.1, 0.15) is 0 Å². The van der Waals surface area contributed by atoms with Gasteiger partial charge in [-0.1, -0.05) is 110 Å². The van der Waals surface area contributed by atoms with Crippen molar-refractivity contribution in [2.24, 2.45) is 0 Å². The van der Waals surface area contributed by atoms with E-state index in [1.54, 1.807) is 0 Å². The van der Waals surface area contributed by atoms with Gasteiger partial charge in [0.2, 0.25) is 4.35 Å². The summed E-state index contributed by atoms with van der Waals surface area (Å²) in [6.07, 6.45) is 12.8. The highest BCUT2D eigenvalue weighted by atomic mass is 80.0. The maximum Gasteiger partial charge on any atom is 0.277 e. The lowest BCUT2D eigenvalue weighted by molar-refractivity contribution is 0.465. The van der Waals surface area contributed by atoms with Crippen LogP contribution in [0.25, 0.3) is 0 Å². The summed E-state index contributed by atoms with van der Waals surface area (Å²) < 4.78 is -3.53. The number of rotatable bonds is 4. The standard InChI is InChI=1S/C12H22Br6Si3/c13-19(11-7-3-1-4-8-11,12-9-5-2-6-10-12)21(17,18)20(14,15)16/h11-12H,1-10H2. The molecule has 2 aliphatic rings. The van der Waals surface area contributed by atoms with Gasteiger partial charge in [0.05, 0.1) is 0 Å². The minimum atomic E-state index is -1.76. The first kappa shape index (κ1) is 20.8. The van der Waals surface area contributed by atoms with Crippen LogP contribution in [0, 0.1) is 0 Å². The van der Waals surface area contributed by atoms with Crippen molar-refractivity contribution in [3.63, 3.8) is 0 Å². The minimum absolute atomic E-state index is 0.930. The monoisotopic (exact) mass is 724 g/mol. The third-order valence-electron chi connectivity index (χ3n) is 5.24. The maximum atomic E-state index is 4.52. The molecule has 0 spiro atoms. The molecule has 2 saturated carbocycles. The molecule has 0 nitrogen and oxygen atoms in total. The number of hydrogen-bond acceptors (Lipinski definition) is 0. The molecule has 0 aromatic rings. The summed E-state index contributed by atoms with van der Waals surface area (Å²) >= 11 is 25.1. The molecule has 21 heavy (non-hydrogen) atoms. The summed E-state index contributed by atoms with van der Waals surface area (Å²) in [6, 6.07) is 0. The van der Waals surface area contributed by atoms with Crippen molar-refractivity contribution in [1.82, 2.24) is 0 Å². The highest BCUT2D eigenvalue weighted by Crippen LogP contribution is 2.63. The summed E-state index contributed by atoms with van der Waals surface area (Å²) in [4.78, 5) is 0. The minimum Gasteiger partial charge on any atom is -0.127 e. The van der Waals surface area contributed by atoms with E-state index in [-0.39, 0.29) is 0 Å². The lowest BCUT2D eigenvalue weighted by atomic mass is 9.99. The van der Waals surface area contributed by atoms with E-state index in [0.29, 0.717) is 0 Å². The summed E-state index contributed by atoms with van der Waals surface area (Å²) in [5, 5.41) is 0. The molecule has 0 atom stereocenters. The SMILES string of the molecule is Br[Si](Br)(Br)[Si](Br)(Br)[Si](Br)(C1CCCCC1)C1CCCCC1. The normalized spacial score (nSPS) is 24.3. The second-order valence-electron chi connectivity index (χ2n) is 6.51. The van der Waals surface area contributed by atoms with Gasteiger partial charge in [0.15, 0.2) is 6.21 Å². The van der Waals surface area contributed by atoms with Gasteiger partial charge >= 0.3 is 0 Å². The van der Waals surface area contributed by atoms with Gasteiger partial charge < -0.3 is 0 Å². The van der Waals surface area contributed by atoms with Gasteiger partial charge in [0, 0.05) is 0 Å². The van der Waals surface area contributed by atoms with E-state index < -0.39 is 14.0 Å². The molecule has 0 aromatic carbocycles. The predicted molar refractivity (Wildman–Crippen MR) is 124 cm³/mol. The Bertz CT molecular complexity index is 329. The van der Waals surface area contributed by atoms with Crippen LogP contribution in [0.3, 0.4) is 0 Å². The third kappa shape index (κ3) is 4.45. The second kappa shape index (κ2) is 8.48. The van der Waals surface area contributed by atoms with Gasteiger partial charge in [-0.15, -0.1) is 45.9 Å². The Morgan fingerprint density at radius 3 is 1.14 bits per heavy atom. The predicted octanol–water partition coefficient (Wildman–Crippen LogP) is 8.51. The van der Waals surface area contributed by atoms with Crippen molar-refractivity contribution >= 4 is 106 Å². The van der Waals surface area contributed by atoms with Crippen LogP contribution in [0.1, 0.15) is 64.2 Å². The molecule has 0 aliphatic heterocycles. The molecule has 0 aromatic heterocycles. The van der Waals surface area contributed by atoms with Crippen molar-refractivity contribution in [2.45, 2.75) is 75.3 Å². The topological polar surface area (TPSA) is 0 Å². The fourth-order valence-corrected chi connectivity index (χ4v) is 93.0. The fourth-order valence-electron chi connectivity index (χ4n) is 4.11. The van der Waals surface area contributed by atoms with E-state index in [2.05, 4.69) is 91.8 Å². The zero-order chi connectivity index (χ0) is 15.7. The fraction of sp³-hybridized carbons (Fsp3) is 1.00. The highest BCUT2D eigenvalue weighted by molar-refractivity contribution is 9.82. The Morgan fingerprint density at radius 1 is 0.524 bits per heavy atom. The molecule has 9 heteroatoms. The summed E-state index contributed by atoms with van der Waals surface area (Å²) in [5.74, 6) is 0. The Balaban J connectivity index is 2.36. The van der Waals surface area contributed by atoms with Crippen molar-refractivity contribution in [3.8, 4) is 0 Å². The first-order valence-electron chi connectivity index (χ1n) is 7.84. The van der Waals surface area contributed by atoms with Crippen molar-refractivity contribution in [2.75, 3.05) is 0 Å². The summed E-state index contributed by atoms with van der Waals surface area (Å²) in [7, 11) is 0. The van der Waals surface area contributed by atoms with Crippen LogP contribution in [-0.4, -0.2) is 14.0 Å². The Labute approximate surface area is 178 Å². The average molecular weight is 730 g/mol. The van der Waals surface area contributed by atoms with Crippen molar-refractivity contribution in [1.29, 1.82) is 0 Å². The van der Waals surface area contributed by atoms with Crippen molar-refractivity contribution < 1.29 is 0 Å². The van der Waals surface area contributed by atoms with E-state index >= 15 is 0 Å². The molecule has 2 fully saturated rings. The molecule has 0 unspecified atom stereocenters. The molecular weight excluding hydrogens is 708 g/mol. The van der Waals surface area contributed by atoms with Crippen LogP contribution >= 0.6 is 91.8 Å². The van der Waals surface area contributed by atoms with Crippen molar-refractivity contribution in [3.05, 3.63) is 0 Å². The molecule has 0 saturated heterocycles. The van der Waals surface area contributed by atoms with Crippen LogP contribution in [0.2, 0.25) is 11.1 Å². The number of hydrogen-bond donors (Lipinski definition) is 0. The van der Waals surface area contributed by atoms with E-state index in [0.717, 1.165) is 11.1 Å². The molecule has 124 valence electrons. The quantitative estimate of drug-likeness (QED) is 0.201. The zero-order valence-corrected chi connectivity index (χ0v) is 24.5. The highest BCUT2D eigenvalue weighted by Gasteiger charge is 2.68. The van der Waals surface area contributed by atoms with Gasteiger partial charge in [-0.05, 0) is 11.1 Å². The first-order valence-corrected chi connectivity index (χ1v) is 29.5. The third-order valence-corrected chi connectivity index (χ3v) is 124. The zero-order valence-electron chi connectivity index (χ0n) is 12.0. The second-order valence-corrected chi connectivity index (χ2v) is 74.7. The van der Waals surface area contributed by atoms with E-state index in [1.165, 1.54) is 64.2 Å². The van der Waals surface area contributed by atoms with Crippen LogP contribution in [0.15, 0.2) is 0 Å². The summed E-state index contributed by atoms with van der Waals surface area (Å²) in [6.45, 7) is 0. The Hall–Kier alpha value is 3.53. The van der Waals surface area contributed by atoms with E-state index in [1.807, 2.05) is 0 Å². The van der Waals surface area contributed by atoms with Crippen LogP contribution in [0.4, 0.5) is 0 Å². The molecule has 0 heterocycles. The van der Waals surface area contributed by atoms with Gasteiger partial charge in [0.25, 0.3) is 3.45 Å². The first-order chi connectivity index (χ1) is 9.71. The van der Waals surface area contributed by atoms with Crippen LogP contribution in [0.5, 0.6) is 0 Å². The largest absolute Gasteiger partial charge is 0.277 e. The molecule has 0 amide bonds. The molecule has 0 N–H and O–H groups in total. The number of halogens is 6. The lowest BCUT2D eigenvalue weighted by Crippen LogP contribution is -2.66. The molecule has 0 radical (unpaired) electrons. The van der Waals surface area contributed by atoms with Gasteiger partial charge in [-0.2, -0.15) is 0 Å². The average Bonchev–Trinajstić information content (AvgIpc) is 2.47. The maximum absolute atomic E-state index is 4.52. The summed E-state index contributed by atoms with van der Waals surface area (Å²) in [5.41, 5.74) is 1.86. The Morgan fingerprint density at radius 2 is 0.857 bits per heavy atom.